The number of carbonyl (C=O) groups excluding carboxylic acids is 1. The van der Waals surface area contributed by atoms with E-state index in [2.05, 4.69) is 36.2 Å². The number of nitrogens with one attached hydrogen (secondary N) is 1. The Morgan fingerprint density at radius 2 is 2.13 bits per heavy atom. The van der Waals surface area contributed by atoms with Crippen LogP contribution in [0.25, 0.3) is 0 Å². The molecule has 1 aliphatic heterocycles. The minimum atomic E-state index is -0.433. The zero-order valence-electron chi connectivity index (χ0n) is 14.4. The number of hydrogen-bond donors (Lipinski definition) is 2. The standard InChI is InChI=1S/C18H29N3O2/c1-14(2)18(3,13-19)20-17(22)16-12-21(9-10-23-16)11-15-7-5-4-6-8-15/h4-8,14,16H,9-13,19H2,1-3H3,(H,20,22). The van der Waals surface area contributed by atoms with Crippen LogP contribution in [0.15, 0.2) is 30.3 Å². The van der Waals surface area contributed by atoms with Gasteiger partial charge in [-0.25, -0.2) is 0 Å². The third-order valence-electron chi connectivity index (χ3n) is 4.80. The summed E-state index contributed by atoms with van der Waals surface area (Å²) in [6, 6.07) is 10.3. The Morgan fingerprint density at radius 3 is 2.74 bits per heavy atom. The summed E-state index contributed by atoms with van der Waals surface area (Å²) in [5, 5.41) is 3.08. The number of carbonyl (C=O) groups is 1. The first-order valence-electron chi connectivity index (χ1n) is 8.34. The highest BCUT2D eigenvalue weighted by molar-refractivity contribution is 5.82. The SMILES string of the molecule is CC(C)C(C)(CN)NC(=O)C1CN(Cc2ccccc2)CCO1. The zero-order valence-corrected chi connectivity index (χ0v) is 14.4. The normalized spacial score (nSPS) is 21.9. The van der Waals surface area contributed by atoms with E-state index in [0.717, 1.165) is 13.1 Å². The highest BCUT2D eigenvalue weighted by Gasteiger charge is 2.33. The van der Waals surface area contributed by atoms with E-state index in [9.17, 15) is 4.79 Å². The molecule has 0 saturated carbocycles. The lowest BCUT2D eigenvalue weighted by Gasteiger charge is -2.37. The fourth-order valence-electron chi connectivity index (χ4n) is 2.64. The summed E-state index contributed by atoms with van der Waals surface area (Å²) >= 11 is 0. The first-order chi connectivity index (χ1) is 10.9. The quantitative estimate of drug-likeness (QED) is 0.831. The molecule has 2 atom stereocenters. The minimum Gasteiger partial charge on any atom is -0.366 e. The van der Waals surface area contributed by atoms with E-state index >= 15 is 0 Å². The lowest BCUT2D eigenvalue weighted by molar-refractivity contribution is -0.141. The maximum atomic E-state index is 12.6. The minimum absolute atomic E-state index is 0.0654. The molecule has 3 N–H and O–H groups in total. The number of hydrogen-bond acceptors (Lipinski definition) is 4. The van der Waals surface area contributed by atoms with Crippen LogP contribution in [-0.2, 0) is 16.1 Å². The molecule has 1 aliphatic rings. The van der Waals surface area contributed by atoms with Gasteiger partial charge in [0.05, 0.1) is 12.1 Å². The van der Waals surface area contributed by atoms with Crippen molar-refractivity contribution in [1.82, 2.24) is 10.2 Å². The second-order valence-electron chi connectivity index (χ2n) is 6.85. The maximum Gasteiger partial charge on any atom is 0.250 e. The Hall–Kier alpha value is -1.43. The van der Waals surface area contributed by atoms with Gasteiger partial charge in [-0.05, 0) is 18.4 Å². The van der Waals surface area contributed by atoms with Crippen LogP contribution in [0.5, 0.6) is 0 Å². The maximum absolute atomic E-state index is 12.6. The second kappa shape index (κ2) is 7.90. The Balaban J connectivity index is 1.94. The molecule has 1 fully saturated rings. The lowest BCUT2D eigenvalue weighted by atomic mass is 9.88. The third-order valence-corrected chi connectivity index (χ3v) is 4.80. The number of nitrogens with zero attached hydrogens (tertiary/aromatic N) is 1. The molecule has 5 heteroatoms. The Bertz CT molecular complexity index is 506. The summed E-state index contributed by atoms with van der Waals surface area (Å²) in [5.41, 5.74) is 6.70. The highest BCUT2D eigenvalue weighted by atomic mass is 16.5. The summed E-state index contributed by atoms with van der Waals surface area (Å²) in [4.78, 5) is 14.8. The monoisotopic (exact) mass is 319 g/mol. The van der Waals surface area contributed by atoms with Crippen molar-refractivity contribution >= 4 is 5.91 Å². The van der Waals surface area contributed by atoms with Crippen molar-refractivity contribution in [3.63, 3.8) is 0 Å². The first-order valence-corrected chi connectivity index (χ1v) is 8.34. The van der Waals surface area contributed by atoms with Crippen LogP contribution < -0.4 is 11.1 Å². The van der Waals surface area contributed by atoms with Crippen LogP contribution in [-0.4, -0.2) is 48.7 Å². The fourth-order valence-corrected chi connectivity index (χ4v) is 2.64. The summed E-state index contributed by atoms with van der Waals surface area (Å²) in [6.07, 6.45) is -0.433. The van der Waals surface area contributed by atoms with Gasteiger partial charge in [0, 0.05) is 26.2 Å². The number of amides is 1. The number of benzene rings is 1. The predicted molar refractivity (Wildman–Crippen MR) is 91.9 cm³/mol. The molecule has 1 aromatic rings. The van der Waals surface area contributed by atoms with E-state index in [1.165, 1.54) is 5.56 Å². The van der Waals surface area contributed by atoms with E-state index in [1.54, 1.807) is 0 Å². The Morgan fingerprint density at radius 1 is 1.43 bits per heavy atom. The van der Waals surface area contributed by atoms with Crippen molar-refractivity contribution in [2.75, 3.05) is 26.2 Å². The molecule has 0 radical (unpaired) electrons. The Labute approximate surface area is 139 Å². The van der Waals surface area contributed by atoms with Gasteiger partial charge in [-0.3, -0.25) is 9.69 Å². The number of ether oxygens (including phenoxy) is 1. The average Bonchev–Trinajstić information content (AvgIpc) is 2.55. The smallest absolute Gasteiger partial charge is 0.250 e. The topological polar surface area (TPSA) is 67.6 Å². The molecule has 23 heavy (non-hydrogen) atoms. The molecule has 0 aromatic heterocycles. The van der Waals surface area contributed by atoms with Crippen LogP contribution >= 0.6 is 0 Å². The van der Waals surface area contributed by atoms with Crippen molar-refractivity contribution in [3.8, 4) is 0 Å². The lowest BCUT2D eigenvalue weighted by Crippen LogP contribution is -2.59. The fraction of sp³-hybridized carbons (Fsp3) is 0.611. The number of nitrogens with two attached hydrogens (primary N) is 1. The van der Waals surface area contributed by atoms with Gasteiger partial charge in [-0.15, -0.1) is 0 Å². The molecule has 1 heterocycles. The second-order valence-corrected chi connectivity index (χ2v) is 6.85. The van der Waals surface area contributed by atoms with Crippen LogP contribution in [0.1, 0.15) is 26.3 Å². The van der Waals surface area contributed by atoms with Gasteiger partial charge in [0.25, 0.3) is 5.91 Å². The summed E-state index contributed by atoms with van der Waals surface area (Å²) < 4.78 is 5.68. The Kier molecular flexibility index (Phi) is 6.16. The number of rotatable bonds is 6. The molecule has 1 aromatic carbocycles. The van der Waals surface area contributed by atoms with Crippen molar-refractivity contribution in [3.05, 3.63) is 35.9 Å². The van der Waals surface area contributed by atoms with Crippen LogP contribution in [0.3, 0.4) is 0 Å². The summed E-state index contributed by atoms with van der Waals surface area (Å²) in [6.45, 7) is 9.40. The zero-order chi connectivity index (χ0) is 16.9. The predicted octanol–water partition coefficient (Wildman–Crippen LogP) is 1.38. The molecule has 2 rings (SSSR count). The molecule has 1 saturated heterocycles. The molecule has 0 bridgehead atoms. The van der Waals surface area contributed by atoms with Gasteiger partial charge in [0.2, 0.25) is 0 Å². The van der Waals surface area contributed by atoms with E-state index in [0.29, 0.717) is 19.7 Å². The van der Waals surface area contributed by atoms with Gasteiger partial charge in [-0.2, -0.15) is 0 Å². The van der Waals surface area contributed by atoms with Crippen LogP contribution in [0.2, 0.25) is 0 Å². The van der Waals surface area contributed by atoms with E-state index in [4.69, 9.17) is 10.5 Å². The van der Waals surface area contributed by atoms with Gasteiger partial charge in [0.1, 0.15) is 6.10 Å². The van der Waals surface area contributed by atoms with Gasteiger partial charge < -0.3 is 15.8 Å². The van der Waals surface area contributed by atoms with Crippen LogP contribution in [0.4, 0.5) is 0 Å². The first kappa shape index (κ1) is 17.9. The molecule has 0 spiro atoms. The van der Waals surface area contributed by atoms with E-state index < -0.39 is 11.6 Å². The van der Waals surface area contributed by atoms with Crippen molar-refractivity contribution in [2.45, 2.75) is 39.0 Å². The third kappa shape index (κ3) is 4.77. The van der Waals surface area contributed by atoms with Crippen molar-refractivity contribution in [2.24, 2.45) is 11.7 Å². The van der Waals surface area contributed by atoms with Crippen LogP contribution in [0, 0.1) is 5.92 Å². The molecule has 2 unspecified atom stereocenters. The van der Waals surface area contributed by atoms with Crippen molar-refractivity contribution in [1.29, 1.82) is 0 Å². The molecule has 128 valence electrons. The largest absolute Gasteiger partial charge is 0.366 e. The molecular weight excluding hydrogens is 290 g/mol. The molecule has 1 amide bonds. The molecule has 5 nitrogen and oxygen atoms in total. The highest BCUT2D eigenvalue weighted by Crippen LogP contribution is 2.17. The van der Waals surface area contributed by atoms with Crippen molar-refractivity contribution < 1.29 is 9.53 Å². The van der Waals surface area contributed by atoms with E-state index in [-0.39, 0.29) is 11.8 Å². The number of morpholine rings is 1. The summed E-state index contributed by atoms with van der Waals surface area (Å²) in [7, 11) is 0. The summed E-state index contributed by atoms with van der Waals surface area (Å²) in [5.74, 6) is 0.199. The molecular formula is C18H29N3O2. The average molecular weight is 319 g/mol. The van der Waals surface area contributed by atoms with Gasteiger partial charge in [0.15, 0.2) is 0 Å². The van der Waals surface area contributed by atoms with E-state index in [1.807, 2.05) is 25.1 Å². The molecule has 0 aliphatic carbocycles. The van der Waals surface area contributed by atoms with Gasteiger partial charge in [-0.1, -0.05) is 44.2 Å². The van der Waals surface area contributed by atoms with Gasteiger partial charge >= 0.3 is 0 Å².